The van der Waals surface area contributed by atoms with Crippen LogP contribution in [0.2, 0.25) is 0 Å². The molecule has 9 heteroatoms. The topological polar surface area (TPSA) is 67.2 Å². The molecule has 1 aromatic carbocycles. The predicted molar refractivity (Wildman–Crippen MR) is 96.5 cm³/mol. The second-order valence-corrected chi connectivity index (χ2v) is 6.84. The molecule has 1 aromatic heterocycles. The Morgan fingerprint density at radius 3 is 2.71 bits per heavy atom. The van der Waals surface area contributed by atoms with E-state index in [0.29, 0.717) is 16.8 Å². The molecule has 28 heavy (non-hydrogen) atoms. The van der Waals surface area contributed by atoms with E-state index in [4.69, 9.17) is 0 Å². The number of anilines is 1. The number of nitrogens with one attached hydrogen (secondary N) is 1. The van der Waals surface area contributed by atoms with Crippen molar-refractivity contribution in [2.24, 2.45) is 5.92 Å². The zero-order chi connectivity index (χ0) is 20.6. The van der Waals surface area contributed by atoms with Gasteiger partial charge in [0.1, 0.15) is 11.7 Å². The number of likely N-dealkylation sites (tertiary alicyclic amines) is 1. The van der Waals surface area contributed by atoms with Gasteiger partial charge in [-0.1, -0.05) is 13.0 Å². The first-order valence-corrected chi connectivity index (χ1v) is 8.92. The van der Waals surface area contributed by atoms with Gasteiger partial charge >= 0.3 is 6.55 Å². The fourth-order valence-corrected chi connectivity index (χ4v) is 3.48. The number of amides is 2. The second kappa shape index (κ2) is 7.65. The summed E-state index contributed by atoms with van der Waals surface area (Å²) < 4.78 is 40.8. The van der Waals surface area contributed by atoms with Crippen molar-refractivity contribution in [3.05, 3.63) is 47.0 Å². The van der Waals surface area contributed by atoms with Gasteiger partial charge in [0.2, 0.25) is 11.8 Å². The number of rotatable bonds is 5. The molecular weight excluding hydrogens is 373 g/mol. The minimum absolute atomic E-state index is 0.183. The van der Waals surface area contributed by atoms with Crippen molar-refractivity contribution >= 4 is 17.5 Å². The van der Waals surface area contributed by atoms with Gasteiger partial charge < -0.3 is 10.2 Å². The van der Waals surface area contributed by atoms with Crippen LogP contribution in [0.3, 0.4) is 0 Å². The fraction of sp³-hybridized carbons (Fsp3) is 0.421. The Balaban J connectivity index is 1.92. The third kappa shape index (κ3) is 3.48. The molecule has 2 aromatic rings. The molecule has 2 heterocycles. The molecule has 1 fully saturated rings. The number of benzene rings is 1. The quantitative estimate of drug-likeness (QED) is 0.793. The van der Waals surface area contributed by atoms with Crippen LogP contribution in [0.5, 0.6) is 0 Å². The van der Waals surface area contributed by atoms with Crippen molar-refractivity contribution in [2.45, 2.75) is 32.7 Å². The normalized spacial score (nSPS) is 19.5. The van der Waals surface area contributed by atoms with Crippen LogP contribution < -0.4 is 5.32 Å². The highest BCUT2D eigenvalue weighted by atomic mass is 19.3. The van der Waals surface area contributed by atoms with Crippen LogP contribution >= 0.6 is 0 Å². The maximum Gasteiger partial charge on any atom is 0.333 e. The van der Waals surface area contributed by atoms with E-state index >= 15 is 0 Å². The lowest BCUT2D eigenvalue weighted by Crippen LogP contribution is -2.33. The van der Waals surface area contributed by atoms with E-state index in [1.165, 1.54) is 36.1 Å². The number of hydrogen-bond donors (Lipinski definition) is 1. The first kappa shape index (κ1) is 19.9. The number of carbonyl (C=O) groups excluding carboxylic acids is 2. The smallest absolute Gasteiger partial charge is 0.333 e. The van der Waals surface area contributed by atoms with Gasteiger partial charge in [0.15, 0.2) is 0 Å². The Kier molecular flexibility index (Phi) is 5.44. The van der Waals surface area contributed by atoms with Gasteiger partial charge in [-0.2, -0.15) is 13.9 Å². The number of halogens is 3. The monoisotopic (exact) mass is 394 g/mol. The second-order valence-electron chi connectivity index (χ2n) is 6.84. The number of alkyl halides is 2. The van der Waals surface area contributed by atoms with Gasteiger partial charge in [-0.15, -0.1) is 0 Å². The van der Waals surface area contributed by atoms with Crippen molar-refractivity contribution in [2.75, 3.05) is 18.9 Å². The van der Waals surface area contributed by atoms with Gasteiger partial charge in [-0.05, 0) is 31.5 Å². The first-order chi connectivity index (χ1) is 13.2. The fourth-order valence-electron chi connectivity index (χ4n) is 3.48. The van der Waals surface area contributed by atoms with Gasteiger partial charge in [-0.3, -0.25) is 9.59 Å². The molecule has 0 radical (unpaired) electrons. The minimum atomic E-state index is -2.80. The van der Waals surface area contributed by atoms with Crippen LogP contribution in [-0.4, -0.2) is 40.1 Å². The van der Waals surface area contributed by atoms with E-state index in [1.807, 2.05) is 0 Å². The van der Waals surface area contributed by atoms with Crippen LogP contribution in [0.15, 0.2) is 24.3 Å². The summed E-state index contributed by atoms with van der Waals surface area (Å²) >= 11 is 0. The average Bonchev–Trinajstić information content (AvgIpc) is 3.20. The van der Waals surface area contributed by atoms with E-state index in [0.717, 1.165) is 0 Å². The van der Waals surface area contributed by atoms with Crippen LogP contribution in [0.25, 0.3) is 0 Å². The first-order valence-electron chi connectivity index (χ1n) is 8.92. The van der Waals surface area contributed by atoms with Gasteiger partial charge in [0.05, 0.1) is 5.69 Å². The number of nitrogens with zero attached hydrogens (tertiary/aromatic N) is 3. The van der Waals surface area contributed by atoms with Gasteiger partial charge in [0, 0.05) is 36.5 Å². The van der Waals surface area contributed by atoms with Crippen molar-refractivity contribution in [3.8, 4) is 0 Å². The third-order valence-electron chi connectivity index (χ3n) is 5.08. The Morgan fingerprint density at radius 2 is 2.11 bits per heavy atom. The molecule has 150 valence electrons. The molecule has 0 spiro atoms. The highest BCUT2D eigenvalue weighted by Gasteiger charge is 2.45. The molecule has 1 aliphatic rings. The standard InChI is InChI=1S/C19H21F3N4O2/c1-4-11-8-15(24-26(11)19(21)22)12-9-25(3)18(28)16(12)17(27)23-14-7-5-6-13(20)10(14)2/h5-8,12,16,19H,4,9H2,1-3H3,(H,23,27). The summed E-state index contributed by atoms with van der Waals surface area (Å²) in [5.41, 5.74) is 1.11. The van der Waals surface area contributed by atoms with E-state index in [-0.39, 0.29) is 23.5 Å². The highest BCUT2D eigenvalue weighted by molar-refractivity contribution is 6.08. The molecule has 2 amide bonds. The number of likely N-dealkylation sites (N-methyl/N-ethyl adjacent to an activating group) is 1. The third-order valence-corrected chi connectivity index (χ3v) is 5.08. The number of aryl methyl sites for hydroxylation is 1. The van der Waals surface area contributed by atoms with E-state index in [1.54, 1.807) is 14.0 Å². The van der Waals surface area contributed by atoms with Crippen LogP contribution in [-0.2, 0) is 16.0 Å². The van der Waals surface area contributed by atoms with E-state index in [2.05, 4.69) is 10.4 Å². The van der Waals surface area contributed by atoms with Crippen molar-refractivity contribution in [1.82, 2.24) is 14.7 Å². The Labute approximate surface area is 160 Å². The summed E-state index contributed by atoms with van der Waals surface area (Å²) in [6.07, 6.45) is 0.340. The lowest BCUT2D eigenvalue weighted by atomic mass is 9.91. The summed E-state index contributed by atoms with van der Waals surface area (Å²) in [6.45, 7) is 0.620. The number of carbonyl (C=O) groups is 2. The zero-order valence-electron chi connectivity index (χ0n) is 15.7. The van der Waals surface area contributed by atoms with E-state index in [9.17, 15) is 22.8 Å². The molecule has 1 saturated heterocycles. The molecule has 6 nitrogen and oxygen atoms in total. The highest BCUT2D eigenvalue weighted by Crippen LogP contribution is 2.34. The maximum atomic E-state index is 13.7. The van der Waals surface area contributed by atoms with Crippen LogP contribution in [0.4, 0.5) is 18.9 Å². The summed E-state index contributed by atoms with van der Waals surface area (Å²) in [5, 5.41) is 6.54. The summed E-state index contributed by atoms with van der Waals surface area (Å²) in [5.74, 6) is -3.32. The lowest BCUT2D eigenvalue weighted by molar-refractivity contribution is -0.135. The molecule has 1 N–H and O–H groups in total. The largest absolute Gasteiger partial charge is 0.344 e. The molecular formula is C19H21F3N4O2. The molecule has 2 atom stereocenters. The minimum Gasteiger partial charge on any atom is -0.344 e. The van der Waals surface area contributed by atoms with Crippen LogP contribution in [0, 0.1) is 18.7 Å². The maximum absolute atomic E-state index is 13.7. The number of hydrogen-bond acceptors (Lipinski definition) is 3. The SMILES string of the molecule is CCc1cc(C2CN(C)C(=O)C2C(=O)Nc2cccc(F)c2C)nn1C(F)F. The molecule has 3 rings (SSSR count). The lowest BCUT2D eigenvalue weighted by Gasteiger charge is -2.16. The van der Waals surface area contributed by atoms with Crippen molar-refractivity contribution in [1.29, 1.82) is 0 Å². The molecule has 0 saturated carbocycles. The summed E-state index contributed by atoms with van der Waals surface area (Å²) in [4.78, 5) is 26.8. The van der Waals surface area contributed by atoms with E-state index < -0.39 is 36.0 Å². The Bertz CT molecular complexity index is 913. The predicted octanol–water partition coefficient (Wildman–Crippen LogP) is 3.10. The molecule has 0 aliphatic carbocycles. The number of aromatic nitrogens is 2. The Morgan fingerprint density at radius 1 is 1.39 bits per heavy atom. The zero-order valence-corrected chi connectivity index (χ0v) is 15.7. The van der Waals surface area contributed by atoms with Crippen LogP contribution in [0.1, 0.15) is 36.3 Å². The molecule has 0 bridgehead atoms. The van der Waals surface area contributed by atoms with Gasteiger partial charge in [-0.25, -0.2) is 9.07 Å². The van der Waals surface area contributed by atoms with Crippen molar-refractivity contribution < 1.29 is 22.8 Å². The van der Waals surface area contributed by atoms with Crippen molar-refractivity contribution in [3.63, 3.8) is 0 Å². The summed E-state index contributed by atoms with van der Waals surface area (Å²) in [6, 6.07) is 5.77. The molecule has 2 unspecified atom stereocenters. The Hall–Kier alpha value is -2.84. The summed E-state index contributed by atoms with van der Waals surface area (Å²) in [7, 11) is 1.54. The average molecular weight is 394 g/mol. The molecule has 1 aliphatic heterocycles. The van der Waals surface area contributed by atoms with Gasteiger partial charge in [0.25, 0.3) is 0 Å².